The third kappa shape index (κ3) is 4.08. The Balaban J connectivity index is 1.75. The first-order valence-electron chi connectivity index (χ1n) is 11.2. The van der Waals surface area contributed by atoms with Crippen molar-refractivity contribution in [3.05, 3.63) is 108 Å². The van der Waals surface area contributed by atoms with Gasteiger partial charge in [0.1, 0.15) is 0 Å². The second-order valence-corrected chi connectivity index (χ2v) is 8.29. The normalized spacial score (nSPS) is 11.2. The van der Waals surface area contributed by atoms with E-state index in [4.69, 9.17) is 0 Å². The van der Waals surface area contributed by atoms with Gasteiger partial charge in [-0.05, 0) is 10.9 Å². The van der Waals surface area contributed by atoms with Crippen molar-refractivity contribution in [1.82, 2.24) is 0 Å². The molecule has 0 fully saturated rings. The lowest BCUT2D eigenvalue weighted by molar-refractivity contribution is -0.675. The van der Waals surface area contributed by atoms with Crippen LogP contribution in [-0.2, 0) is 13.1 Å². The Bertz CT molecular complexity index is 1320. The third-order valence-corrected chi connectivity index (χ3v) is 6.25. The van der Waals surface area contributed by atoms with E-state index in [0.717, 1.165) is 33.2 Å². The number of hydrogen-bond donors (Lipinski definition) is 4. The van der Waals surface area contributed by atoms with Gasteiger partial charge >= 0.3 is 14.2 Å². The molecule has 0 saturated carbocycles. The van der Waals surface area contributed by atoms with Crippen LogP contribution in [0.15, 0.2) is 97.1 Å². The molecule has 0 aliphatic carbocycles. The van der Waals surface area contributed by atoms with Gasteiger partial charge in [-0.3, -0.25) is 0 Å². The van der Waals surface area contributed by atoms with E-state index in [-0.39, 0.29) is 0 Å². The number of rotatable bonds is 6. The van der Waals surface area contributed by atoms with Crippen LogP contribution in [0.1, 0.15) is 11.1 Å². The van der Waals surface area contributed by atoms with Gasteiger partial charge in [0, 0.05) is 35.4 Å². The summed E-state index contributed by atoms with van der Waals surface area (Å²) in [6.07, 6.45) is 0. The summed E-state index contributed by atoms with van der Waals surface area (Å²) in [5, 5.41) is 39.6. The zero-order valence-corrected chi connectivity index (χ0v) is 18.5. The SMILES string of the molecule is OB(O)c1ccccc1C[n+]1c2ccccc2[n+](Cc2ccccc2B(O)O)c2ccccc21. The van der Waals surface area contributed by atoms with Crippen molar-refractivity contribution in [1.29, 1.82) is 0 Å². The van der Waals surface area contributed by atoms with E-state index in [2.05, 4.69) is 9.13 Å². The van der Waals surface area contributed by atoms with Crippen molar-refractivity contribution in [3.8, 4) is 0 Å². The maximum absolute atomic E-state index is 9.89. The van der Waals surface area contributed by atoms with Crippen LogP contribution in [0, 0.1) is 0 Å². The molecule has 4 N–H and O–H groups in total. The Morgan fingerprint density at radius 1 is 0.441 bits per heavy atom. The maximum Gasteiger partial charge on any atom is 0.488 e. The van der Waals surface area contributed by atoms with Gasteiger partial charge in [-0.2, -0.15) is 9.13 Å². The van der Waals surface area contributed by atoms with Crippen LogP contribution in [0.2, 0.25) is 0 Å². The molecular formula is C26H24B2N2O4+2. The quantitative estimate of drug-likeness (QED) is 0.167. The number of nitrogens with zero attached hydrogens (tertiary/aromatic N) is 2. The van der Waals surface area contributed by atoms with Crippen LogP contribution in [0.4, 0.5) is 0 Å². The van der Waals surface area contributed by atoms with E-state index < -0.39 is 14.2 Å². The lowest BCUT2D eigenvalue weighted by Gasteiger charge is -2.11. The highest BCUT2D eigenvalue weighted by Gasteiger charge is 2.29. The molecule has 8 heteroatoms. The Labute approximate surface area is 197 Å². The first-order valence-corrected chi connectivity index (χ1v) is 11.2. The van der Waals surface area contributed by atoms with Crippen molar-refractivity contribution in [2.75, 3.05) is 0 Å². The van der Waals surface area contributed by atoms with Crippen molar-refractivity contribution in [3.63, 3.8) is 0 Å². The molecule has 1 aromatic heterocycles. The average molecular weight is 450 g/mol. The number of aromatic nitrogens is 2. The molecule has 0 amide bonds. The molecule has 5 aromatic rings. The fourth-order valence-electron chi connectivity index (χ4n) is 4.64. The molecule has 0 atom stereocenters. The van der Waals surface area contributed by atoms with Crippen LogP contribution in [0.5, 0.6) is 0 Å². The van der Waals surface area contributed by atoms with E-state index in [1.165, 1.54) is 0 Å². The number of hydrogen-bond acceptors (Lipinski definition) is 4. The topological polar surface area (TPSA) is 88.7 Å². The number of fused-ring (bicyclic) bond motifs is 2. The van der Waals surface area contributed by atoms with Gasteiger partial charge in [0.25, 0.3) is 22.1 Å². The van der Waals surface area contributed by atoms with Crippen molar-refractivity contribution in [2.45, 2.75) is 13.1 Å². The highest BCUT2D eigenvalue weighted by Crippen LogP contribution is 2.15. The largest absolute Gasteiger partial charge is 0.488 e. The molecule has 0 radical (unpaired) electrons. The summed E-state index contributed by atoms with van der Waals surface area (Å²) in [5.41, 5.74) is 6.51. The molecule has 0 aliphatic heterocycles. The van der Waals surface area contributed by atoms with Gasteiger partial charge in [-0.15, -0.1) is 0 Å². The molecule has 5 rings (SSSR count). The fourth-order valence-corrected chi connectivity index (χ4v) is 4.64. The van der Waals surface area contributed by atoms with Crippen LogP contribution < -0.4 is 20.1 Å². The second-order valence-electron chi connectivity index (χ2n) is 8.29. The fraction of sp³-hybridized carbons (Fsp3) is 0.0769. The standard InChI is InChI=1S/C26H24B2N2O4/c31-27(32)21-11-3-1-9-19(21)17-29-23-13-5-7-15-25(23)30(26-16-8-6-14-24(26)29)18-20-10-2-4-12-22(20)28(33)34/h1-16,31-34H,17-18H2/q+2. The van der Waals surface area contributed by atoms with Crippen molar-refractivity contribution in [2.24, 2.45) is 0 Å². The van der Waals surface area contributed by atoms with E-state index in [1.807, 2.05) is 72.8 Å². The van der Waals surface area contributed by atoms with Gasteiger partial charge < -0.3 is 20.1 Å². The van der Waals surface area contributed by atoms with E-state index in [1.54, 1.807) is 24.3 Å². The molecule has 0 aliphatic rings. The summed E-state index contributed by atoms with van der Waals surface area (Å²) in [6.45, 7) is 0.920. The summed E-state index contributed by atoms with van der Waals surface area (Å²) in [4.78, 5) is 0. The molecule has 0 spiro atoms. The zero-order chi connectivity index (χ0) is 23.7. The van der Waals surface area contributed by atoms with Gasteiger partial charge in [0.2, 0.25) is 0 Å². The summed E-state index contributed by atoms with van der Waals surface area (Å²) in [6, 6.07) is 30.8. The second kappa shape index (κ2) is 9.37. The summed E-state index contributed by atoms with van der Waals surface area (Å²) >= 11 is 0. The van der Waals surface area contributed by atoms with Gasteiger partial charge in [-0.25, -0.2) is 0 Å². The first-order chi connectivity index (χ1) is 16.5. The molecule has 0 bridgehead atoms. The predicted octanol–water partition coefficient (Wildman–Crippen LogP) is 0.0242. The third-order valence-electron chi connectivity index (χ3n) is 6.25. The molecule has 1 heterocycles. The minimum absolute atomic E-state index is 0.460. The van der Waals surface area contributed by atoms with Gasteiger partial charge in [0.05, 0.1) is 0 Å². The molecule has 6 nitrogen and oxygen atoms in total. The van der Waals surface area contributed by atoms with E-state index in [9.17, 15) is 20.1 Å². The van der Waals surface area contributed by atoms with Crippen LogP contribution in [0.25, 0.3) is 22.1 Å². The number of para-hydroxylation sites is 4. The van der Waals surface area contributed by atoms with Crippen LogP contribution >= 0.6 is 0 Å². The summed E-state index contributed by atoms with van der Waals surface area (Å²) in [5.74, 6) is 0. The maximum atomic E-state index is 9.89. The Morgan fingerprint density at radius 3 is 1.06 bits per heavy atom. The highest BCUT2D eigenvalue weighted by atomic mass is 16.4. The Hall–Kier alpha value is -3.55. The molecule has 0 saturated heterocycles. The Morgan fingerprint density at radius 2 is 0.735 bits per heavy atom. The monoisotopic (exact) mass is 450 g/mol. The van der Waals surface area contributed by atoms with E-state index in [0.29, 0.717) is 24.0 Å². The zero-order valence-electron chi connectivity index (χ0n) is 18.5. The average Bonchev–Trinajstić information content (AvgIpc) is 2.86. The lowest BCUT2D eigenvalue weighted by Crippen LogP contribution is -2.48. The Kier molecular flexibility index (Phi) is 6.13. The van der Waals surface area contributed by atoms with Crippen LogP contribution in [-0.4, -0.2) is 34.3 Å². The molecule has 4 aromatic carbocycles. The smallest absolute Gasteiger partial charge is 0.423 e. The molecule has 166 valence electrons. The highest BCUT2D eigenvalue weighted by molar-refractivity contribution is 6.59. The minimum Gasteiger partial charge on any atom is -0.423 e. The summed E-state index contributed by atoms with van der Waals surface area (Å²) < 4.78 is 4.35. The lowest BCUT2D eigenvalue weighted by atomic mass is 9.77. The van der Waals surface area contributed by atoms with Crippen molar-refractivity contribution < 1.29 is 29.2 Å². The van der Waals surface area contributed by atoms with Crippen LogP contribution in [0.3, 0.4) is 0 Å². The minimum atomic E-state index is -1.55. The van der Waals surface area contributed by atoms with Gasteiger partial charge in [-0.1, -0.05) is 72.8 Å². The summed E-state index contributed by atoms with van der Waals surface area (Å²) in [7, 11) is -3.10. The number of benzene rings is 4. The first kappa shape index (κ1) is 22.3. The predicted molar refractivity (Wildman–Crippen MR) is 133 cm³/mol. The van der Waals surface area contributed by atoms with Gasteiger partial charge in [0.15, 0.2) is 13.1 Å². The van der Waals surface area contributed by atoms with E-state index >= 15 is 0 Å². The van der Waals surface area contributed by atoms with Crippen molar-refractivity contribution >= 4 is 47.2 Å². The molecule has 0 unspecified atom stereocenters. The molecule has 34 heavy (non-hydrogen) atoms. The molecular weight excluding hydrogens is 426 g/mol.